The van der Waals surface area contributed by atoms with Crippen LogP contribution in [0.4, 0.5) is 9.39 Å². The zero-order chi connectivity index (χ0) is 18.6. The van der Waals surface area contributed by atoms with E-state index in [4.69, 9.17) is 15.2 Å². The molecule has 0 bridgehead atoms. The molecule has 0 saturated carbocycles. The predicted molar refractivity (Wildman–Crippen MR) is 92.6 cm³/mol. The average molecular weight is 427 g/mol. The molecule has 25 heavy (non-hydrogen) atoms. The normalized spacial score (nSPS) is 10.2. The molecule has 0 aliphatic heterocycles. The lowest BCUT2D eigenvalue weighted by molar-refractivity contribution is 0.0448. The number of esters is 2. The van der Waals surface area contributed by atoms with Crippen molar-refractivity contribution in [2.45, 2.75) is 13.5 Å². The maximum absolute atomic E-state index is 13.7. The van der Waals surface area contributed by atoms with E-state index in [1.54, 1.807) is 6.92 Å². The summed E-state index contributed by atoms with van der Waals surface area (Å²) in [4.78, 5) is 24.2. The molecule has 1 heterocycles. The Morgan fingerprint density at radius 1 is 1.36 bits per heavy atom. The minimum atomic E-state index is -0.928. The number of rotatable bonds is 5. The van der Waals surface area contributed by atoms with Crippen LogP contribution >= 0.6 is 27.3 Å². The molecule has 0 saturated heterocycles. The molecule has 0 radical (unpaired) electrons. The Kier molecular flexibility index (Phi) is 6.12. The molecule has 2 aromatic rings. The van der Waals surface area contributed by atoms with Gasteiger partial charge in [0.15, 0.2) is 0 Å². The second-order valence-corrected chi connectivity index (χ2v) is 6.65. The Bertz CT molecular complexity index is 876. The van der Waals surface area contributed by atoms with Crippen LogP contribution in [0, 0.1) is 17.1 Å². The summed E-state index contributed by atoms with van der Waals surface area (Å²) in [6.45, 7) is 1.37. The molecule has 2 N–H and O–H groups in total. The number of carbonyl (C=O) groups excluding carboxylic acids is 2. The number of anilines is 1. The van der Waals surface area contributed by atoms with E-state index < -0.39 is 24.4 Å². The molecule has 0 atom stereocenters. The van der Waals surface area contributed by atoms with Crippen LogP contribution in [0.5, 0.6) is 0 Å². The van der Waals surface area contributed by atoms with E-state index in [1.807, 2.05) is 6.07 Å². The van der Waals surface area contributed by atoms with Gasteiger partial charge in [-0.2, -0.15) is 5.26 Å². The summed E-state index contributed by atoms with van der Waals surface area (Å²) in [5.41, 5.74) is 5.64. The van der Waals surface area contributed by atoms with Crippen LogP contribution in [0.15, 0.2) is 22.7 Å². The molecular formula is C16H12BrFN2O4S. The maximum Gasteiger partial charge on any atom is 0.348 e. The lowest BCUT2D eigenvalue weighted by Crippen LogP contribution is -2.11. The van der Waals surface area contributed by atoms with Gasteiger partial charge in [0.1, 0.15) is 28.4 Å². The first-order valence-corrected chi connectivity index (χ1v) is 8.60. The first kappa shape index (κ1) is 18.9. The molecule has 0 unspecified atom stereocenters. The maximum atomic E-state index is 13.7. The Morgan fingerprint density at radius 2 is 2.08 bits per heavy atom. The fourth-order valence-corrected chi connectivity index (χ4v) is 3.25. The molecule has 0 aliphatic carbocycles. The number of hydrogen-bond acceptors (Lipinski definition) is 7. The number of ether oxygens (including phenoxy) is 2. The largest absolute Gasteiger partial charge is 0.462 e. The number of thiophene rings is 1. The van der Waals surface area contributed by atoms with Crippen molar-refractivity contribution in [3.8, 4) is 6.07 Å². The Hall–Kier alpha value is -2.44. The number of nitrogen functional groups attached to an aromatic ring is 1. The number of carbonyl (C=O) groups is 2. The summed E-state index contributed by atoms with van der Waals surface area (Å²) >= 11 is 4.02. The van der Waals surface area contributed by atoms with Crippen LogP contribution in [0.3, 0.4) is 0 Å². The minimum absolute atomic E-state index is 0.0376. The third-order valence-electron chi connectivity index (χ3n) is 3.10. The molecule has 0 fully saturated rings. The second-order valence-electron chi connectivity index (χ2n) is 4.68. The van der Waals surface area contributed by atoms with Crippen LogP contribution in [-0.4, -0.2) is 18.5 Å². The van der Waals surface area contributed by atoms with Gasteiger partial charge in [0, 0.05) is 10.0 Å². The van der Waals surface area contributed by atoms with Gasteiger partial charge in [0.05, 0.1) is 17.7 Å². The Balaban J connectivity index is 2.28. The molecule has 1 aromatic heterocycles. The molecule has 0 spiro atoms. The number of hydrogen-bond donors (Lipinski definition) is 1. The first-order chi connectivity index (χ1) is 11.9. The first-order valence-electron chi connectivity index (χ1n) is 6.99. The van der Waals surface area contributed by atoms with Gasteiger partial charge in [-0.1, -0.05) is 15.9 Å². The van der Waals surface area contributed by atoms with Crippen molar-refractivity contribution in [2.24, 2.45) is 0 Å². The van der Waals surface area contributed by atoms with E-state index >= 15 is 0 Å². The third-order valence-corrected chi connectivity index (χ3v) is 4.64. The van der Waals surface area contributed by atoms with Gasteiger partial charge in [-0.3, -0.25) is 0 Å². The number of benzene rings is 1. The van der Waals surface area contributed by atoms with Gasteiger partial charge >= 0.3 is 11.9 Å². The number of halogens is 2. The highest BCUT2D eigenvalue weighted by atomic mass is 79.9. The zero-order valence-corrected chi connectivity index (χ0v) is 15.4. The Morgan fingerprint density at radius 3 is 2.72 bits per heavy atom. The summed E-state index contributed by atoms with van der Waals surface area (Å²) < 4.78 is 24.2. The monoisotopic (exact) mass is 426 g/mol. The lowest BCUT2D eigenvalue weighted by atomic mass is 10.1. The topological polar surface area (TPSA) is 102 Å². The fourth-order valence-electron chi connectivity index (χ4n) is 1.98. The number of nitrogens with two attached hydrogens (primary N) is 1. The summed E-state index contributed by atoms with van der Waals surface area (Å²) in [6.07, 6.45) is 0. The summed E-state index contributed by atoms with van der Waals surface area (Å²) in [7, 11) is 0. The number of nitriles is 1. The molecule has 0 amide bonds. The van der Waals surface area contributed by atoms with Crippen LogP contribution in [-0.2, 0) is 16.1 Å². The molecule has 130 valence electrons. The van der Waals surface area contributed by atoms with Gasteiger partial charge in [0.25, 0.3) is 0 Å². The van der Waals surface area contributed by atoms with Crippen molar-refractivity contribution in [3.63, 3.8) is 0 Å². The van der Waals surface area contributed by atoms with E-state index in [1.165, 1.54) is 12.1 Å². The average Bonchev–Trinajstić information content (AvgIpc) is 2.90. The molecular weight excluding hydrogens is 415 g/mol. The highest BCUT2D eigenvalue weighted by Crippen LogP contribution is 2.32. The highest BCUT2D eigenvalue weighted by molar-refractivity contribution is 9.10. The van der Waals surface area contributed by atoms with E-state index in [2.05, 4.69) is 15.9 Å². The van der Waals surface area contributed by atoms with E-state index in [9.17, 15) is 19.2 Å². The molecule has 6 nitrogen and oxygen atoms in total. The predicted octanol–water partition coefficient (Wildman–Crippen LogP) is 3.64. The van der Waals surface area contributed by atoms with Gasteiger partial charge < -0.3 is 15.2 Å². The SMILES string of the molecule is CCOC(=O)c1sc(N)c(C#N)c1COC(=O)c1cc(Br)ccc1F. The summed E-state index contributed by atoms with van der Waals surface area (Å²) in [6, 6.07) is 5.71. The van der Waals surface area contributed by atoms with Crippen molar-refractivity contribution in [1.82, 2.24) is 0 Å². The molecule has 0 aliphatic rings. The zero-order valence-electron chi connectivity index (χ0n) is 13.0. The van der Waals surface area contributed by atoms with Crippen LogP contribution in [0.25, 0.3) is 0 Å². The molecule has 2 rings (SSSR count). The van der Waals surface area contributed by atoms with Gasteiger partial charge in [-0.25, -0.2) is 14.0 Å². The second kappa shape index (κ2) is 8.09. The third kappa shape index (κ3) is 4.15. The van der Waals surface area contributed by atoms with Crippen molar-refractivity contribution < 1.29 is 23.5 Å². The highest BCUT2D eigenvalue weighted by Gasteiger charge is 2.24. The standard InChI is InChI=1S/C16H12BrFN2O4S/c1-2-23-16(22)13-11(10(6-19)14(20)25-13)7-24-15(21)9-5-8(17)3-4-12(9)18/h3-5H,2,7,20H2,1H3. The van der Waals surface area contributed by atoms with Crippen molar-refractivity contribution >= 4 is 44.2 Å². The lowest BCUT2D eigenvalue weighted by Gasteiger charge is -2.07. The smallest absolute Gasteiger partial charge is 0.348 e. The van der Waals surface area contributed by atoms with Crippen molar-refractivity contribution in [1.29, 1.82) is 5.26 Å². The van der Waals surface area contributed by atoms with Crippen molar-refractivity contribution in [3.05, 3.63) is 50.1 Å². The van der Waals surface area contributed by atoms with Crippen LogP contribution < -0.4 is 5.73 Å². The van der Waals surface area contributed by atoms with Crippen molar-refractivity contribution in [2.75, 3.05) is 12.3 Å². The Labute approximate surface area is 155 Å². The summed E-state index contributed by atoms with van der Waals surface area (Å²) in [5, 5.41) is 9.32. The van der Waals surface area contributed by atoms with Crippen LogP contribution in [0.2, 0.25) is 0 Å². The van der Waals surface area contributed by atoms with Gasteiger partial charge in [0.2, 0.25) is 0 Å². The van der Waals surface area contributed by atoms with E-state index in [-0.39, 0.29) is 33.2 Å². The quantitative estimate of drug-likeness (QED) is 0.731. The molecule has 1 aromatic carbocycles. The van der Waals surface area contributed by atoms with Gasteiger partial charge in [-0.15, -0.1) is 11.3 Å². The van der Waals surface area contributed by atoms with Crippen LogP contribution in [0.1, 0.15) is 38.1 Å². The van der Waals surface area contributed by atoms with Gasteiger partial charge in [-0.05, 0) is 25.1 Å². The minimum Gasteiger partial charge on any atom is -0.462 e. The summed E-state index contributed by atoms with van der Waals surface area (Å²) in [5.74, 6) is -2.34. The van der Waals surface area contributed by atoms with E-state index in [0.717, 1.165) is 17.4 Å². The molecule has 9 heteroatoms. The van der Waals surface area contributed by atoms with E-state index in [0.29, 0.717) is 4.47 Å². The fraction of sp³-hybridized carbons (Fsp3) is 0.188. The number of nitrogens with zero attached hydrogens (tertiary/aromatic N) is 1.